The minimum Gasteiger partial charge on any atom is -0.351 e. The van der Waals surface area contributed by atoms with E-state index >= 15 is 0 Å². The normalized spacial score (nSPS) is 12.7. The van der Waals surface area contributed by atoms with Crippen LogP contribution in [0.4, 0.5) is 10.1 Å². The van der Waals surface area contributed by atoms with Crippen LogP contribution in [0, 0.1) is 5.82 Å². The van der Waals surface area contributed by atoms with Crippen molar-refractivity contribution >= 4 is 28.8 Å². The Morgan fingerprint density at radius 2 is 1.82 bits per heavy atom. The van der Waals surface area contributed by atoms with E-state index in [1.807, 2.05) is 30.3 Å². The molecular formula is C22H19FN2O2S. The van der Waals surface area contributed by atoms with Crippen LogP contribution in [0.3, 0.4) is 0 Å². The first kappa shape index (κ1) is 18.4. The highest BCUT2D eigenvalue weighted by Crippen LogP contribution is 2.36. The lowest BCUT2D eigenvalue weighted by molar-refractivity contribution is 0.0955. The second-order valence-electron chi connectivity index (χ2n) is 6.62. The van der Waals surface area contributed by atoms with Gasteiger partial charge in [-0.3, -0.25) is 9.59 Å². The maximum atomic E-state index is 13.1. The molecule has 0 saturated carbocycles. The van der Waals surface area contributed by atoms with Crippen LogP contribution in [0.25, 0.3) is 0 Å². The summed E-state index contributed by atoms with van der Waals surface area (Å²) in [7, 11) is 0. The maximum Gasteiger partial charge on any atom is 0.261 e. The molecule has 0 atom stereocenters. The van der Waals surface area contributed by atoms with Crippen molar-refractivity contribution in [2.24, 2.45) is 0 Å². The number of benzene rings is 2. The van der Waals surface area contributed by atoms with E-state index in [4.69, 9.17) is 0 Å². The third kappa shape index (κ3) is 3.82. The Hall–Kier alpha value is -2.99. The number of thiophene rings is 1. The van der Waals surface area contributed by atoms with Crippen LogP contribution in [0.2, 0.25) is 0 Å². The van der Waals surface area contributed by atoms with Crippen molar-refractivity contribution in [2.45, 2.75) is 12.8 Å². The Morgan fingerprint density at radius 1 is 1.07 bits per heavy atom. The summed E-state index contributed by atoms with van der Waals surface area (Å²) in [5, 5.41) is 2.94. The summed E-state index contributed by atoms with van der Waals surface area (Å²) in [6, 6.07) is 17.3. The van der Waals surface area contributed by atoms with Gasteiger partial charge in [0.25, 0.3) is 11.8 Å². The van der Waals surface area contributed by atoms with Crippen molar-refractivity contribution in [3.05, 3.63) is 87.4 Å². The standard InChI is InChI=1S/C22H19FN2O2S/c23-17-8-6-16(7-9-17)22(27)25-13-11-19-18(25)14-20(28-19)21(26)24-12-10-15-4-2-1-3-5-15/h1-9,14H,10-13H2,(H,24,26). The number of nitrogens with one attached hydrogen (secondary N) is 1. The fraction of sp³-hybridized carbons (Fsp3) is 0.182. The van der Waals surface area contributed by atoms with Gasteiger partial charge in [0.1, 0.15) is 5.82 Å². The SMILES string of the molecule is O=C(NCCc1ccccc1)c1cc2c(s1)CCN2C(=O)c1ccc(F)cc1. The van der Waals surface area contributed by atoms with Crippen LogP contribution in [-0.2, 0) is 12.8 Å². The lowest BCUT2D eigenvalue weighted by Gasteiger charge is -2.16. The molecule has 4 rings (SSSR count). The maximum absolute atomic E-state index is 13.1. The van der Waals surface area contributed by atoms with Gasteiger partial charge in [0, 0.05) is 30.0 Å². The molecule has 0 saturated heterocycles. The van der Waals surface area contributed by atoms with Crippen LogP contribution < -0.4 is 10.2 Å². The third-order valence-corrected chi connectivity index (χ3v) is 5.92. The molecule has 0 spiro atoms. The van der Waals surface area contributed by atoms with E-state index in [0.29, 0.717) is 23.5 Å². The number of nitrogens with zero attached hydrogens (tertiary/aromatic N) is 1. The molecule has 3 aromatic rings. The van der Waals surface area contributed by atoms with Crippen molar-refractivity contribution in [3.8, 4) is 0 Å². The molecule has 0 fully saturated rings. The van der Waals surface area contributed by atoms with Gasteiger partial charge in [0.05, 0.1) is 10.6 Å². The summed E-state index contributed by atoms with van der Waals surface area (Å²) in [4.78, 5) is 28.5. The molecule has 1 N–H and O–H groups in total. The van der Waals surface area contributed by atoms with E-state index in [2.05, 4.69) is 5.32 Å². The quantitative estimate of drug-likeness (QED) is 0.709. The van der Waals surface area contributed by atoms with Gasteiger partial charge < -0.3 is 10.2 Å². The van der Waals surface area contributed by atoms with Gasteiger partial charge in [-0.1, -0.05) is 30.3 Å². The van der Waals surface area contributed by atoms with E-state index in [1.165, 1.54) is 41.2 Å². The van der Waals surface area contributed by atoms with E-state index in [1.54, 1.807) is 11.0 Å². The second kappa shape index (κ2) is 7.94. The van der Waals surface area contributed by atoms with Gasteiger partial charge >= 0.3 is 0 Å². The van der Waals surface area contributed by atoms with Gasteiger partial charge in [-0.05, 0) is 42.3 Å². The summed E-state index contributed by atoms with van der Waals surface area (Å²) in [5.74, 6) is -0.666. The fourth-order valence-corrected chi connectivity index (χ4v) is 4.35. The number of fused-ring (bicyclic) bond motifs is 1. The van der Waals surface area contributed by atoms with Crippen LogP contribution in [-0.4, -0.2) is 24.9 Å². The summed E-state index contributed by atoms with van der Waals surface area (Å²) < 4.78 is 13.1. The number of hydrogen-bond acceptors (Lipinski definition) is 3. The lowest BCUT2D eigenvalue weighted by Crippen LogP contribution is -2.29. The van der Waals surface area contributed by atoms with E-state index in [-0.39, 0.29) is 17.6 Å². The van der Waals surface area contributed by atoms with Crippen molar-refractivity contribution in [1.82, 2.24) is 5.32 Å². The number of anilines is 1. The topological polar surface area (TPSA) is 49.4 Å². The average molecular weight is 394 g/mol. The molecule has 6 heteroatoms. The number of carbonyl (C=O) groups is 2. The Bertz CT molecular complexity index is 999. The molecule has 2 heterocycles. The predicted molar refractivity (Wildman–Crippen MR) is 109 cm³/mol. The summed E-state index contributed by atoms with van der Waals surface area (Å²) in [5.41, 5.74) is 2.40. The second-order valence-corrected chi connectivity index (χ2v) is 7.76. The molecule has 2 aromatic carbocycles. The van der Waals surface area contributed by atoms with E-state index in [0.717, 1.165) is 23.4 Å². The zero-order valence-corrected chi connectivity index (χ0v) is 16.0. The molecule has 0 aliphatic carbocycles. The molecule has 1 aliphatic rings. The first-order valence-corrected chi connectivity index (χ1v) is 9.96. The molecule has 4 nitrogen and oxygen atoms in total. The van der Waals surface area contributed by atoms with Crippen molar-refractivity contribution in [2.75, 3.05) is 18.0 Å². The largest absolute Gasteiger partial charge is 0.351 e. The highest BCUT2D eigenvalue weighted by Gasteiger charge is 2.29. The molecule has 1 aliphatic heterocycles. The van der Waals surface area contributed by atoms with Crippen LogP contribution in [0.5, 0.6) is 0 Å². The lowest BCUT2D eigenvalue weighted by atomic mass is 10.1. The van der Waals surface area contributed by atoms with E-state index < -0.39 is 0 Å². The highest BCUT2D eigenvalue weighted by atomic mass is 32.1. The monoisotopic (exact) mass is 394 g/mol. The average Bonchev–Trinajstić information content (AvgIpc) is 3.30. The van der Waals surface area contributed by atoms with Gasteiger partial charge in [-0.25, -0.2) is 4.39 Å². The fourth-order valence-electron chi connectivity index (χ4n) is 3.28. The molecule has 28 heavy (non-hydrogen) atoms. The molecule has 2 amide bonds. The van der Waals surface area contributed by atoms with Crippen LogP contribution in [0.1, 0.15) is 30.5 Å². The van der Waals surface area contributed by atoms with Gasteiger partial charge in [-0.15, -0.1) is 11.3 Å². The highest BCUT2D eigenvalue weighted by molar-refractivity contribution is 7.14. The van der Waals surface area contributed by atoms with Gasteiger partial charge in [-0.2, -0.15) is 0 Å². The predicted octanol–water partition coefficient (Wildman–Crippen LogP) is 4.06. The smallest absolute Gasteiger partial charge is 0.261 e. The van der Waals surface area contributed by atoms with E-state index in [9.17, 15) is 14.0 Å². The molecule has 142 valence electrons. The van der Waals surface area contributed by atoms with Gasteiger partial charge in [0.15, 0.2) is 0 Å². The number of amides is 2. The Balaban J connectivity index is 1.42. The molecular weight excluding hydrogens is 375 g/mol. The molecule has 0 unspecified atom stereocenters. The van der Waals surface area contributed by atoms with Crippen LogP contribution >= 0.6 is 11.3 Å². The molecule has 0 bridgehead atoms. The Kier molecular flexibility index (Phi) is 5.21. The number of halogens is 1. The summed E-state index contributed by atoms with van der Waals surface area (Å²) in [6.45, 7) is 1.14. The minimum absolute atomic E-state index is 0.121. The Morgan fingerprint density at radius 3 is 2.57 bits per heavy atom. The number of rotatable bonds is 5. The summed E-state index contributed by atoms with van der Waals surface area (Å²) in [6.07, 6.45) is 1.50. The van der Waals surface area contributed by atoms with Crippen molar-refractivity contribution in [1.29, 1.82) is 0 Å². The zero-order valence-electron chi connectivity index (χ0n) is 15.2. The third-order valence-electron chi connectivity index (χ3n) is 4.74. The first-order chi connectivity index (χ1) is 13.6. The Labute approximate surface area is 166 Å². The van der Waals surface area contributed by atoms with Crippen LogP contribution in [0.15, 0.2) is 60.7 Å². The van der Waals surface area contributed by atoms with Gasteiger partial charge in [0.2, 0.25) is 0 Å². The van der Waals surface area contributed by atoms with Crippen molar-refractivity contribution in [3.63, 3.8) is 0 Å². The minimum atomic E-state index is -0.372. The summed E-state index contributed by atoms with van der Waals surface area (Å²) >= 11 is 1.43. The number of hydrogen-bond donors (Lipinski definition) is 1. The van der Waals surface area contributed by atoms with Crippen molar-refractivity contribution < 1.29 is 14.0 Å². The molecule has 1 aromatic heterocycles. The number of carbonyl (C=O) groups excluding carboxylic acids is 2. The first-order valence-electron chi connectivity index (χ1n) is 9.14. The molecule has 0 radical (unpaired) electrons. The zero-order chi connectivity index (χ0) is 19.5.